The van der Waals surface area contributed by atoms with E-state index >= 15 is 0 Å². The molecular formula is C14H21NO2. The zero-order valence-corrected chi connectivity index (χ0v) is 10.8. The normalized spacial score (nSPS) is 16.9. The van der Waals surface area contributed by atoms with Gasteiger partial charge >= 0.3 is 0 Å². The molecule has 0 spiro atoms. The van der Waals surface area contributed by atoms with E-state index in [1.807, 2.05) is 6.07 Å². The number of nitrogens with one attached hydrogen (secondary N) is 1. The minimum absolute atomic E-state index is 0.0482. The molecule has 0 heterocycles. The Balaban J connectivity index is 2.26. The van der Waals surface area contributed by atoms with Crippen molar-refractivity contribution in [2.75, 3.05) is 13.7 Å². The Labute approximate surface area is 103 Å². The van der Waals surface area contributed by atoms with Crippen molar-refractivity contribution in [1.82, 2.24) is 5.32 Å². The molecule has 0 aromatic heterocycles. The highest BCUT2D eigenvalue weighted by atomic mass is 16.5. The van der Waals surface area contributed by atoms with Crippen molar-refractivity contribution in [3.05, 3.63) is 28.8 Å². The van der Waals surface area contributed by atoms with Crippen LogP contribution in [0.5, 0.6) is 5.75 Å². The van der Waals surface area contributed by atoms with Gasteiger partial charge in [0.15, 0.2) is 0 Å². The summed E-state index contributed by atoms with van der Waals surface area (Å²) in [6.45, 7) is 4.29. The third kappa shape index (κ3) is 2.61. The number of benzene rings is 1. The molecule has 3 heteroatoms. The summed E-state index contributed by atoms with van der Waals surface area (Å²) in [6.07, 6.45) is 2.45. The predicted octanol–water partition coefficient (Wildman–Crippen LogP) is 2.10. The van der Waals surface area contributed by atoms with Gasteiger partial charge in [0.2, 0.25) is 0 Å². The Bertz CT molecular complexity index is 399. The fraction of sp³-hybridized carbons (Fsp3) is 0.571. The van der Waals surface area contributed by atoms with Crippen LogP contribution in [0.25, 0.3) is 0 Å². The van der Waals surface area contributed by atoms with Gasteiger partial charge in [0.1, 0.15) is 5.75 Å². The van der Waals surface area contributed by atoms with E-state index in [-0.39, 0.29) is 12.6 Å². The number of hydrogen-bond acceptors (Lipinski definition) is 3. The summed E-state index contributed by atoms with van der Waals surface area (Å²) in [6, 6.07) is 4.67. The lowest BCUT2D eigenvalue weighted by Gasteiger charge is -2.21. The van der Waals surface area contributed by atoms with Crippen molar-refractivity contribution in [2.24, 2.45) is 0 Å². The molecule has 1 aliphatic rings. The lowest BCUT2D eigenvalue weighted by molar-refractivity contribution is 0.243. The molecule has 1 aliphatic carbocycles. The molecule has 94 valence electrons. The number of ether oxygens (including phenoxy) is 1. The van der Waals surface area contributed by atoms with Gasteiger partial charge in [-0.05, 0) is 49.4 Å². The molecule has 0 amide bonds. The largest absolute Gasteiger partial charge is 0.496 e. The molecule has 3 nitrogen and oxygen atoms in total. The standard InChI is InChI=1S/C14H21NO2/c1-9-10(2)14(17-3)7-6-12(9)13(8-16)15-11-4-5-11/h6-7,11,13,15-16H,4-5,8H2,1-3H3. The first-order chi connectivity index (χ1) is 8.17. The summed E-state index contributed by atoms with van der Waals surface area (Å²) in [5, 5.41) is 13.0. The van der Waals surface area contributed by atoms with Gasteiger partial charge in [-0.3, -0.25) is 0 Å². The molecule has 1 unspecified atom stereocenters. The molecule has 2 rings (SSSR count). The maximum Gasteiger partial charge on any atom is 0.122 e. The van der Waals surface area contributed by atoms with Crippen LogP contribution in [-0.2, 0) is 0 Å². The van der Waals surface area contributed by atoms with Gasteiger partial charge in [0, 0.05) is 6.04 Å². The van der Waals surface area contributed by atoms with E-state index in [0.717, 1.165) is 11.3 Å². The third-order valence-corrected chi connectivity index (χ3v) is 3.57. The van der Waals surface area contributed by atoms with Gasteiger partial charge in [0.25, 0.3) is 0 Å². The molecule has 1 aromatic rings. The lowest BCUT2D eigenvalue weighted by atomic mass is 9.97. The van der Waals surface area contributed by atoms with Crippen molar-refractivity contribution in [3.8, 4) is 5.75 Å². The first-order valence-corrected chi connectivity index (χ1v) is 6.18. The minimum atomic E-state index is 0.0482. The quantitative estimate of drug-likeness (QED) is 0.821. The van der Waals surface area contributed by atoms with Gasteiger partial charge in [-0.15, -0.1) is 0 Å². The summed E-state index contributed by atoms with van der Waals surface area (Å²) in [5.74, 6) is 0.911. The summed E-state index contributed by atoms with van der Waals surface area (Å²) in [4.78, 5) is 0. The Morgan fingerprint density at radius 2 is 2.06 bits per heavy atom. The van der Waals surface area contributed by atoms with Crippen LogP contribution in [-0.4, -0.2) is 24.9 Å². The van der Waals surface area contributed by atoms with E-state index in [9.17, 15) is 5.11 Å². The summed E-state index contributed by atoms with van der Waals surface area (Å²) < 4.78 is 5.30. The van der Waals surface area contributed by atoms with E-state index in [4.69, 9.17) is 4.74 Å². The highest BCUT2D eigenvalue weighted by Gasteiger charge is 2.26. The fourth-order valence-corrected chi connectivity index (χ4v) is 2.19. The van der Waals surface area contributed by atoms with Crippen molar-refractivity contribution in [3.63, 3.8) is 0 Å². The van der Waals surface area contributed by atoms with Crippen molar-refractivity contribution in [1.29, 1.82) is 0 Å². The maximum atomic E-state index is 9.50. The number of aliphatic hydroxyl groups is 1. The zero-order chi connectivity index (χ0) is 12.4. The van der Waals surface area contributed by atoms with Crippen molar-refractivity contribution >= 4 is 0 Å². The molecule has 0 aliphatic heterocycles. The highest BCUT2D eigenvalue weighted by Crippen LogP contribution is 2.30. The van der Waals surface area contributed by atoms with E-state index in [0.29, 0.717) is 6.04 Å². The second-order valence-electron chi connectivity index (χ2n) is 4.78. The Morgan fingerprint density at radius 1 is 1.35 bits per heavy atom. The number of rotatable bonds is 5. The van der Waals surface area contributed by atoms with Crippen LogP contribution in [0, 0.1) is 13.8 Å². The topological polar surface area (TPSA) is 41.5 Å². The minimum Gasteiger partial charge on any atom is -0.496 e. The summed E-state index contributed by atoms with van der Waals surface area (Å²) >= 11 is 0. The van der Waals surface area contributed by atoms with Crippen molar-refractivity contribution < 1.29 is 9.84 Å². The van der Waals surface area contributed by atoms with Gasteiger partial charge in [0.05, 0.1) is 19.8 Å². The average Bonchev–Trinajstić information content (AvgIpc) is 3.14. The van der Waals surface area contributed by atoms with Crippen LogP contribution in [0.2, 0.25) is 0 Å². The van der Waals surface area contributed by atoms with Gasteiger partial charge < -0.3 is 15.2 Å². The van der Waals surface area contributed by atoms with Gasteiger partial charge in [-0.2, -0.15) is 0 Å². The lowest BCUT2D eigenvalue weighted by Crippen LogP contribution is -2.27. The maximum absolute atomic E-state index is 9.50. The van der Waals surface area contributed by atoms with Crippen LogP contribution in [0.1, 0.15) is 35.6 Å². The molecule has 0 radical (unpaired) electrons. The van der Waals surface area contributed by atoms with Crippen LogP contribution in [0.15, 0.2) is 12.1 Å². The van der Waals surface area contributed by atoms with Crippen molar-refractivity contribution in [2.45, 2.75) is 38.8 Å². The molecule has 0 bridgehead atoms. The fourth-order valence-electron chi connectivity index (χ4n) is 2.19. The molecule has 1 fully saturated rings. The molecule has 1 atom stereocenters. The van der Waals surface area contributed by atoms with E-state index in [2.05, 4.69) is 25.2 Å². The smallest absolute Gasteiger partial charge is 0.122 e. The van der Waals surface area contributed by atoms with Gasteiger partial charge in [-0.1, -0.05) is 6.07 Å². The zero-order valence-electron chi connectivity index (χ0n) is 10.8. The molecule has 2 N–H and O–H groups in total. The second kappa shape index (κ2) is 5.07. The number of hydrogen-bond donors (Lipinski definition) is 2. The third-order valence-electron chi connectivity index (χ3n) is 3.57. The average molecular weight is 235 g/mol. The monoisotopic (exact) mass is 235 g/mol. The predicted molar refractivity (Wildman–Crippen MR) is 68.5 cm³/mol. The van der Waals surface area contributed by atoms with Crippen LogP contribution in [0.4, 0.5) is 0 Å². The van der Waals surface area contributed by atoms with E-state index < -0.39 is 0 Å². The van der Waals surface area contributed by atoms with E-state index in [1.54, 1.807) is 7.11 Å². The van der Waals surface area contributed by atoms with Crippen LogP contribution >= 0.6 is 0 Å². The first-order valence-electron chi connectivity index (χ1n) is 6.18. The van der Waals surface area contributed by atoms with Crippen LogP contribution < -0.4 is 10.1 Å². The molecule has 0 saturated heterocycles. The molecular weight excluding hydrogens is 214 g/mol. The van der Waals surface area contributed by atoms with E-state index in [1.165, 1.54) is 24.0 Å². The molecule has 17 heavy (non-hydrogen) atoms. The Morgan fingerprint density at radius 3 is 2.59 bits per heavy atom. The summed E-state index contributed by atoms with van der Waals surface area (Å²) in [7, 11) is 1.69. The molecule has 1 aromatic carbocycles. The summed E-state index contributed by atoms with van der Waals surface area (Å²) in [5.41, 5.74) is 3.54. The second-order valence-corrected chi connectivity index (χ2v) is 4.78. The van der Waals surface area contributed by atoms with Gasteiger partial charge in [-0.25, -0.2) is 0 Å². The number of methoxy groups -OCH3 is 1. The molecule has 1 saturated carbocycles. The first kappa shape index (κ1) is 12.4. The highest BCUT2D eigenvalue weighted by molar-refractivity contribution is 5.44. The Hall–Kier alpha value is -1.06. The SMILES string of the molecule is COc1ccc(C(CO)NC2CC2)c(C)c1C. The number of aliphatic hydroxyl groups excluding tert-OH is 1. The Kier molecular flexibility index (Phi) is 3.69. The van der Waals surface area contributed by atoms with Crippen LogP contribution in [0.3, 0.4) is 0 Å².